The minimum atomic E-state index is -0.386. The van der Waals surface area contributed by atoms with E-state index in [4.69, 9.17) is 18.9 Å². The summed E-state index contributed by atoms with van der Waals surface area (Å²) in [6, 6.07) is 5.83. The average molecular weight is 293 g/mol. The van der Waals surface area contributed by atoms with Gasteiger partial charge in [-0.15, -0.1) is 0 Å². The largest absolute Gasteiger partial charge is 0.486 e. The highest BCUT2D eigenvalue weighted by Crippen LogP contribution is 2.30. The summed E-state index contributed by atoms with van der Waals surface area (Å²) >= 11 is 0. The van der Waals surface area contributed by atoms with Gasteiger partial charge in [-0.05, 0) is 24.1 Å². The molecular formula is C15H19NO5. The van der Waals surface area contributed by atoms with Crippen molar-refractivity contribution in [2.75, 3.05) is 33.0 Å². The monoisotopic (exact) mass is 293 g/mol. The minimum Gasteiger partial charge on any atom is -0.486 e. The Bertz CT molecular complexity index is 499. The number of rotatable bonds is 4. The highest BCUT2D eigenvalue weighted by atomic mass is 16.6. The van der Waals surface area contributed by atoms with Gasteiger partial charge in [-0.3, -0.25) is 0 Å². The van der Waals surface area contributed by atoms with Crippen molar-refractivity contribution in [3.63, 3.8) is 0 Å². The zero-order chi connectivity index (χ0) is 14.5. The van der Waals surface area contributed by atoms with Gasteiger partial charge in [0.05, 0.1) is 13.2 Å². The van der Waals surface area contributed by atoms with Gasteiger partial charge in [-0.25, -0.2) is 4.79 Å². The van der Waals surface area contributed by atoms with Crippen LogP contribution in [0.15, 0.2) is 18.2 Å². The summed E-state index contributed by atoms with van der Waals surface area (Å²) in [5, 5.41) is 2.75. The van der Waals surface area contributed by atoms with Crippen LogP contribution >= 0.6 is 0 Å². The van der Waals surface area contributed by atoms with Gasteiger partial charge in [0.15, 0.2) is 11.5 Å². The molecule has 2 aliphatic heterocycles. The van der Waals surface area contributed by atoms with Crippen LogP contribution in [0.2, 0.25) is 0 Å². The number of hydrogen-bond donors (Lipinski definition) is 1. The fourth-order valence-electron chi connectivity index (χ4n) is 2.35. The van der Waals surface area contributed by atoms with E-state index in [9.17, 15) is 4.79 Å². The lowest BCUT2D eigenvalue weighted by Crippen LogP contribution is -2.30. The first-order chi connectivity index (χ1) is 10.3. The van der Waals surface area contributed by atoms with Crippen LogP contribution in [0, 0.1) is 0 Å². The predicted molar refractivity (Wildman–Crippen MR) is 74.8 cm³/mol. The Kier molecular flexibility index (Phi) is 4.45. The van der Waals surface area contributed by atoms with Crippen molar-refractivity contribution in [1.29, 1.82) is 0 Å². The second kappa shape index (κ2) is 6.67. The van der Waals surface area contributed by atoms with Crippen LogP contribution in [0.25, 0.3) is 0 Å². The highest BCUT2D eigenvalue weighted by molar-refractivity contribution is 5.67. The van der Waals surface area contributed by atoms with E-state index in [1.165, 1.54) is 0 Å². The van der Waals surface area contributed by atoms with Crippen LogP contribution in [0.4, 0.5) is 4.79 Å². The molecular weight excluding hydrogens is 274 g/mol. The maximum Gasteiger partial charge on any atom is 0.407 e. The quantitative estimate of drug-likeness (QED) is 0.911. The predicted octanol–water partition coefficient (Wildman–Crippen LogP) is 1.52. The molecule has 1 N–H and O–H groups in total. The maximum atomic E-state index is 11.6. The van der Waals surface area contributed by atoms with Gasteiger partial charge in [0.25, 0.3) is 0 Å². The van der Waals surface area contributed by atoms with Crippen molar-refractivity contribution in [3.05, 3.63) is 23.8 Å². The molecule has 0 aromatic heterocycles. The first kappa shape index (κ1) is 14.0. The van der Waals surface area contributed by atoms with E-state index in [1.807, 2.05) is 18.2 Å². The molecule has 1 fully saturated rings. The minimum absolute atomic E-state index is 0.112. The van der Waals surface area contributed by atoms with Gasteiger partial charge in [0.1, 0.15) is 19.3 Å². The SMILES string of the molecule is O=C(NCCc1ccc2c(c1)OCCO2)OC1CCOC1. The Labute approximate surface area is 123 Å². The van der Waals surface area contributed by atoms with Gasteiger partial charge < -0.3 is 24.3 Å². The lowest BCUT2D eigenvalue weighted by molar-refractivity contribution is 0.0833. The Balaban J connectivity index is 1.43. The summed E-state index contributed by atoms with van der Waals surface area (Å²) in [6.07, 6.45) is 0.991. The van der Waals surface area contributed by atoms with Crippen LogP contribution in [-0.2, 0) is 15.9 Å². The van der Waals surface area contributed by atoms with Crippen LogP contribution < -0.4 is 14.8 Å². The Morgan fingerprint density at radius 3 is 2.90 bits per heavy atom. The number of benzene rings is 1. The molecule has 6 heteroatoms. The summed E-state index contributed by atoms with van der Waals surface area (Å²) in [5.41, 5.74) is 1.09. The molecule has 6 nitrogen and oxygen atoms in total. The number of alkyl carbamates (subject to hydrolysis) is 1. The molecule has 1 amide bonds. The molecule has 1 unspecified atom stereocenters. The van der Waals surface area contributed by atoms with Crippen LogP contribution in [0.5, 0.6) is 11.5 Å². The zero-order valence-electron chi connectivity index (χ0n) is 11.8. The standard InChI is InChI=1S/C15H19NO5/c17-15(21-12-4-6-18-10-12)16-5-3-11-1-2-13-14(9-11)20-8-7-19-13/h1-2,9,12H,3-8,10H2,(H,16,17). The topological polar surface area (TPSA) is 66.0 Å². The second-order valence-electron chi connectivity index (χ2n) is 5.05. The molecule has 21 heavy (non-hydrogen) atoms. The molecule has 1 atom stereocenters. The van der Waals surface area contributed by atoms with E-state index in [2.05, 4.69) is 5.32 Å². The van der Waals surface area contributed by atoms with E-state index >= 15 is 0 Å². The van der Waals surface area contributed by atoms with Crippen molar-refractivity contribution in [3.8, 4) is 11.5 Å². The van der Waals surface area contributed by atoms with Crippen LogP contribution in [0.3, 0.4) is 0 Å². The molecule has 3 rings (SSSR count). The molecule has 2 aliphatic rings. The molecule has 114 valence electrons. The lowest BCUT2D eigenvalue weighted by Gasteiger charge is -2.19. The second-order valence-corrected chi connectivity index (χ2v) is 5.05. The van der Waals surface area contributed by atoms with Crippen molar-refractivity contribution >= 4 is 6.09 Å². The smallest absolute Gasteiger partial charge is 0.407 e. The van der Waals surface area contributed by atoms with E-state index in [-0.39, 0.29) is 12.2 Å². The van der Waals surface area contributed by atoms with Gasteiger partial charge in [-0.2, -0.15) is 0 Å². The van der Waals surface area contributed by atoms with Crippen molar-refractivity contribution in [2.24, 2.45) is 0 Å². The first-order valence-corrected chi connectivity index (χ1v) is 7.22. The number of carbonyl (C=O) groups excluding carboxylic acids is 1. The summed E-state index contributed by atoms with van der Waals surface area (Å²) in [7, 11) is 0. The molecule has 0 bridgehead atoms. The third kappa shape index (κ3) is 3.78. The number of amides is 1. The Hall–Kier alpha value is -1.95. The normalized spacial score (nSPS) is 20.1. The summed E-state index contributed by atoms with van der Waals surface area (Å²) in [6.45, 7) is 2.84. The van der Waals surface area contributed by atoms with Gasteiger partial charge in [0, 0.05) is 13.0 Å². The highest BCUT2D eigenvalue weighted by Gasteiger charge is 2.19. The van der Waals surface area contributed by atoms with Crippen LogP contribution in [0.1, 0.15) is 12.0 Å². The molecule has 0 spiro atoms. The molecule has 0 saturated carbocycles. The lowest BCUT2D eigenvalue weighted by atomic mass is 10.1. The molecule has 0 radical (unpaired) electrons. The summed E-state index contributed by atoms with van der Waals surface area (Å²) < 4.78 is 21.4. The van der Waals surface area contributed by atoms with Gasteiger partial charge >= 0.3 is 6.09 Å². The first-order valence-electron chi connectivity index (χ1n) is 7.22. The Morgan fingerprint density at radius 2 is 2.10 bits per heavy atom. The number of nitrogens with one attached hydrogen (secondary N) is 1. The Morgan fingerprint density at radius 1 is 1.24 bits per heavy atom. The van der Waals surface area contributed by atoms with Crippen molar-refractivity contribution in [2.45, 2.75) is 18.9 Å². The van der Waals surface area contributed by atoms with E-state index in [0.717, 1.165) is 23.5 Å². The maximum absolute atomic E-state index is 11.6. The van der Waals surface area contributed by atoms with Crippen LogP contribution in [-0.4, -0.2) is 45.2 Å². The number of hydrogen-bond acceptors (Lipinski definition) is 5. The third-order valence-electron chi connectivity index (χ3n) is 3.45. The fraction of sp³-hybridized carbons (Fsp3) is 0.533. The zero-order valence-corrected chi connectivity index (χ0v) is 11.8. The number of carbonyl (C=O) groups is 1. The van der Waals surface area contributed by atoms with Gasteiger partial charge in [0.2, 0.25) is 0 Å². The summed E-state index contributed by atoms with van der Waals surface area (Å²) in [5.74, 6) is 1.54. The van der Waals surface area contributed by atoms with Crippen molar-refractivity contribution < 1.29 is 23.7 Å². The van der Waals surface area contributed by atoms with E-state index < -0.39 is 0 Å². The summed E-state index contributed by atoms with van der Waals surface area (Å²) in [4.78, 5) is 11.6. The fourth-order valence-corrected chi connectivity index (χ4v) is 2.35. The van der Waals surface area contributed by atoms with Gasteiger partial charge in [-0.1, -0.05) is 6.07 Å². The number of ether oxygens (including phenoxy) is 4. The molecule has 0 aliphatic carbocycles. The molecule has 1 aromatic rings. The molecule has 1 aromatic carbocycles. The molecule has 2 heterocycles. The number of fused-ring (bicyclic) bond motifs is 1. The van der Waals surface area contributed by atoms with E-state index in [1.54, 1.807) is 0 Å². The van der Waals surface area contributed by atoms with Crippen molar-refractivity contribution in [1.82, 2.24) is 5.32 Å². The van der Waals surface area contributed by atoms with E-state index in [0.29, 0.717) is 39.4 Å². The third-order valence-corrected chi connectivity index (χ3v) is 3.45. The molecule has 1 saturated heterocycles. The average Bonchev–Trinajstić information content (AvgIpc) is 3.00.